The molecule has 3 rings (SSSR count). The van der Waals surface area contributed by atoms with Gasteiger partial charge in [0.15, 0.2) is 11.5 Å². The highest BCUT2D eigenvalue weighted by Gasteiger charge is 2.07. The van der Waals surface area contributed by atoms with Crippen molar-refractivity contribution in [1.29, 1.82) is 0 Å². The number of anilines is 1. The average Bonchev–Trinajstić information content (AvgIpc) is 2.66. The Kier molecular flexibility index (Phi) is 5.74. The molecular weight excluding hydrogens is 329 g/mol. The molecule has 26 heavy (non-hydrogen) atoms. The third-order valence-electron chi connectivity index (χ3n) is 4.05. The molecule has 0 radical (unpaired) electrons. The third-order valence-corrected chi connectivity index (χ3v) is 4.05. The molecule has 134 valence electrons. The van der Waals surface area contributed by atoms with Gasteiger partial charge in [-0.05, 0) is 54.4 Å². The van der Waals surface area contributed by atoms with Gasteiger partial charge in [-0.2, -0.15) is 0 Å². The highest BCUT2D eigenvalue weighted by atomic mass is 19.1. The summed E-state index contributed by atoms with van der Waals surface area (Å²) in [5.41, 5.74) is 4.24. The molecule has 0 saturated heterocycles. The van der Waals surface area contributed by atoms with Crippen molar-refractivity contribution in [1.82, 2.24) is 0 Å². The second-order valence-corrected chi connectivity index (χ2v) is 6.12. The van der Waals surface area contributed by atoms with Crippen molar-refractivity contribution in [3.63, 3.8) is 0 Å². The number of aryl methyl sites for hydroxylation is 1. The van der Waals surface area contributed by atoms with Gasteiger partial charge in [-0.3, -0.25) is 0 Å². The van der Waals surface area contributed by atoms with Crippen LogP contribution in [0.4, 0.5) is 10.1 Å². The topological polar surface area (TPSA) is 30.5 Å². The molecule has 3 aromatic carbocycles. The van der Waals surface area contributed by atoms with Gasteiger partial charge in [-0.15, -0.1) is 0 Å². The largest absolute Gasteiger partial charge is 0.493 e. The van der Waals surface area contributed by atoms with Gasteiger partial charge in [0.05, 0.1) is 7.11 Å². The zero-order valence-corrected chi connectivity index (χ0v) is 15.0. The summed E-state index contributed by atoms with van der Waals surface area (Å²) < 4.78 is 24.3. The van der Waals surface area contributed by atoms with Crippen LogP contribution < -0.4 is 14.8 Å². The van der Waals surface area contributed by atoms with Crippen LogP contribution in [-0.4, -0.2) is 7.11 Å². The lowest BCUT2D eigenvalue weighted by Crippen LogP contribution is -2.02. The van der Waals surface area contributed by atoms with Crippen LogP contribution in [-0.2, 0) is 13.2 Å². The molecule has 0 aliphatic rings. The number of ether oxygens (including phenoxy) is 2. The number of methoxy groups -OCH3 is 1. The first kappa shape index (κ1) is 17.8. The molecule has 0 unspecified atom stereocenters. The summed E-state index contributed by atoms with van der Waals surface area (Å²) in [5, 5.41) is 3.26. The zero-order valence-electron chi connectivity index (χ0n) is 15.0. The van der Waals surface area contributed by atoms with Crippen LogP contribution in [0.5, 0.6) is 11.5 Å². The lowest BCUT2D eigenvalue weighted by Gasteiger charge is -2.13. The Labute approximate surface area is 153 Å². The van der Waals surface area contributed by atoms with Crippen LogP contribution in [0.25, 0.3) is 0 Å². The maximum Gasteiger partial charge on any atom is 0.161 e. The number of rotatable bonds is 7. The van der Waals surface area contributed by atoms with E-state index in [1.807, 2.05) is 30.3 Å². The van der Waals surface area contributed by atoms with E-state index in [4.69, 9.17) is 9.47 Å². The molecule has 3 aromatic rings. The van der Waals surface area contributed by atoms with Crippen LogP contribution in [0.15, 0.2) is 66.7 Å². The van der Waals surface area contributed by atoms with Crippen molar-refractivity contribution < 1.29 is 13.9 Å². The Bertz CT molecular complexity index is 862. The van der Waals surface area contributed by atoms with Crippen molar-refractivity contribution in [3.8, 4) is 11.5 Å². The smallest absolute Gasteiger partial charge is 0.161 e. The molecule has 0 amide bonds. The summed E-state index contributed by atoms with van der Waals surface area (Å²) in [7, 11) is 1.63. The van der Waals surface area contributed by atoms with Gasteiger partial charge < -0.3 is 14.8 Å². The van der Waals surface area contributed by atoms with Gasteiger partial charge >= 0.3 is 0 Å². The quantitative estimate of drug-likeness (QED) is 0.624. The minimum atomic E-state index is -0.243. The fraction of sp³-hybridized carbons (Fsp3) is 0.182. The molecule has 0 aliphatic carbocycles. The van der Waals surface area contributed by atoms with Crippen molar-refractivity contribution in [2.24, 2.45) is 0 Å². The molecule has 0 aliphatic heterocycles. The first-order valence-electron chi connectivity index (χ1n) is 8.49. The molecule has 0 bridgehead atoms. The monoisotopic (exact) mass is 351 g/mol. The summed E-state index contributed by atoms with van der Waals surface area (Å²) in [6.07, 6.45) is 0. The normalized spacial score (nSPS) is 10.4. The summed E-state index contributed by atoms with van der Waals surface area (Å²) in [4.78, 5) is 0. The summed E-state index contributed by atoms with van der Waals surface area (Å²) in [5.74, 6) is 1.16. The fourth-order valence-electron chi connectivity index (χ4n) is 2.68. The van der Waals surface area contributed by atoms with Crippen LogP contribution in [0.2, 0.25) is 0 Å². The predicted molar refractivity (Wildman–Crippen MR) is 102 cm³/mol. The summed E-state index contributed by atoms with van der Waals surface area (Å²) >= 11 is 0. The lowest BCUT2D eigenvalue weighted by atomic mass is 10.1. The second-order valence-electron chi connectivity index (χ2n) is 6.12. The second kappa shape index (κ2) is 8.39. The van der Waals surface area contributed by atoms with E-state index in [9.17, 15) is 4.39 Å². The van der Waals surface area contributed by atoms with Crippen LogP contribution in [0.3, 0.4) is 0 Å². The van der Waals surface area contributed by atoms with E-state index in [0.717, 1.165) is 16.8 Å². The summed E-state index contributed by atoms with van der Waals surface area (Å²) in [6.45, 7) is 3.17. The molecule has 0 spiro atoms. The Morgan fingerprint density at radius 3 is 2.42 bits per heavy atom. The van der Waals surface area contributed by atoms with Gasteiger partial charge in [-0.1, -0.05) is 35.9 Å². The molecule has 0 atom stereocenters. The van der Waals surface area contributed by atoms with E-state index in [2.05, 4.69) is 24.4 Å². The van der Waals surface area contributed by atoms with Crippen LogP contribution in [0, 0.1) is 12.7 Å². The number of nitrogens with one attached hydrogen (secondary N) is 1. The minimum absolute atomic E-state index is 0.243. The maximum absolute atomic E-state index is 13.0. The lowest BCUT2D eigenvalue weighted by molar-refractivity contribution is 0.284. The Hall–Kier alpha value is -3.01. The van der Waals surface area contributed by atoms with Gasteiger partial charge in [0.1, 0.15) is 12.4 Å². The molecule has 0 saturated carbocycles. The Balaban J connectivity index is 1.64. The highest BCUT2D eigenvalue weighted by Crippen LogP contribution is 2.29. The van der Waals surface area contributed by atoms with E-state index in [1.165, 1.54) is 17.7 Å². The van der Waals surface area contributed by atoms with Crippen molar-refractivity contribution >= 4 is 5.69 Å². The van der Waals surface area contributed by atoms with Crippen molar-refractivity contribution in [3.05, 3.63) is 89.2 Å². The van der Waals surface area contributed by atoms with Crippen LogP contribution >= 0.6 is 0 Å². The van der Waals surface area contributed by atoms with Gasteiger partial charge in [0.25, 0.3) is 0 Å². The minimum Gasteiger partial charge on any atom is -0.493 e. The van der Waals surface area contributed by atoms with E-state index in [0.29, 0.717) is 24.7 Å². The Morgan fingerprint density at radius 1 is 0.885 bits per heavy atom. The number of halogens is 1. The molecule has 1 N–H and O–H groups in total. The first-order valence-corrected chi connectivity index (χ1v) is 8.49. The van der Waals surface area contributed by atoms with Gasteiger partial charge in [0, 0.05) is 12.2 Å². The van der Waals surface area contributed by atoms with Gasteiger partial charge in [-0.25, -0.2) is 4.39 Å². The number of benzene rings is 3. The van der Waals surface area contributed by atoms with Crippen LogP contribution in [0.1, 0.15) is 16.7 Å². The Morgan fingerprint density at radius 2 is 1.69 bits per heavy atom. The van der Waals surface area contributed by atoms with Gasteiger partial charge in [0.2, 0.25) is 0 Å². The number of hydrogen-bond acceptors (Lipinski definition) is 3. The highest BCUT2D eigenvalue weighted by molar-refractivity contribution is 5.47. The molecule has 4 heteroatoms. The molecule has 0 aromatic heterocycles. The first-order chi connectivity index (χ1) is 12.6. The average molecular weight is 351 g/mol. The van der Waals surface area contributed by atoms with Crippen molar-refractivity contribution in [2.45, 2.75) is 20.1 Å². The fourth-order valence-corrected chi connectivity index (χ4v) is 2.68. The standard InChI is InChI=1S/C22H22FNO2/c1-16-4-3-5-18(12-16)15-26-21-11-6-17(13-22(21)25-2)14-24-20-9-7-19(23)8-10-20/h3-13,24H,14-15H2,1-2H3. The van der Waals surface area contributed by atoms with E-state index in [1.54, 1.807) is 19.2 Å². The molecular formula is C22H22FNO2. The van der Waals surface area contributed by atoms with Crippen molar-refractivity contribution in [2.75, 3.05) is 12.4 Å². The molecule has 3 nitrogen and oxygen atoms in total. The zero-order chi connectivity index (χ0) is 18.4. The summed E-state index contributed by atoms with van der Waals surface area (Å²) in [6, 6.07) is 20.4. The molecule has 0 fully saturated rings. The van der Waals surface area contributed by atoms with E-state index < -0.39 is 0 Å². The predicted octanol–water partition coefficient (Wildman–Crippen LogP) is 5.33. The van der Waals surface area contributed by atoms with E-state index >= 15 is 0 Å². The maximum atomic E-state index is 13.0. The SMILES string of the molecule is COc1cc(CNc2ccc(F)cc2)ccc1OCc1cccc(C)c1. The van der Waals surface area contributed by atoms with E-state index in [-0.39, 0.29) is 5.82 Å². The number of hydrogen-bond donors (Lipinski definition) is 1. The molecule has 0 heterocycles. The third kappa shape index (κ3) is 4.76.